The summed E-state index contributed by atoms with van der Waals surface area (Å²) in [5.41, 5.74) is 3.14. The summed E-state index contributed by atoms with van der Waals surface area (Å²) in [5.74, 6) is 0.345. The van der Waals surface area contributed by atoms with Crippen molar-refractivity contribution in [3.05, 3.63) is 54.4 Å². The summed E-state index contributed by atoms with van der Waals surface area (Å²) >= 11 is 0. The van der Waals surface area contributed by atoms with Gasteiger partial charge in [0.1, 0.15) is 18.1 Å². The highest BCUT2D eigenvalue weighted by Crippen LogP contribution is 2.32. The zero-order valence-electron chi connectivity index (χ0n) is 28.8. The molecule has 252 valence electrons. The van der Waals surface area contributed by atoms with Crippen molar-refractivity contribution < 1.29 is 23.8 Å². The lowest BCUT2D eigenvalue weighted by molar-refractivity contribution is 0.0185. The van der Waals surface area contributed by atoms with E-state index in [4.69, 9.17) is 24.3 Å². The smallest absolute Gasteiger partial charge is 0.410 e. The van der Waals surface area contributed by atoms with Crippen LogP contribution in [0.3, 0.4) is 0 Å². The van der Waals surface area contributed by atoms with Gasteiger partial charge in [0.15, 0.2) is 0 Å². The van der Waals surface area contributed by atoms with Crippen LogP contribution in [-0.4, -0.2) is 81.7 Å². The van der Waals surface area contributed by atoms with E-state index in [1.54, 1.807) is 22.8 Å². The fourth-order valence-electron chi connectivity index (χ4n) is 5.42. The lowest BCUT2D eigenvalue weighted by atomic mass is 10.1. The first-order chi connectivity index (χ1) is 22.2. The minimum Gasteiger partial charge on any atom is -0.494 e. The third kappa shape index (κ3) is 8.77. The molecular formula is C34H47N7O5Si. The fourth-order valence-corrected chi connectivity index (χ4v) is 6.18. The molecule has 1 N–H and O–H groups in total. The highest BCUT2D eigenvalue weighted by Gasteiger charge is 2.28. The van der Waals surface area contributed by atoms with Gasteiger partial charge in [-0.2, -0.15) is 5.10 Å². The number of pyridine rings is 1. The molecule has 0 aliphatic carbocycles. The number of rotatable bonds is 10. The van der Waals surface area contributed by atoms with Crippen molar-refractivity contribution in [2.24, 2.45) is 0 Å². The van der Waals surface area contributed by atoms with Gasteiger partial charge in [0, 0.05) is 69.1 Å². The Labute approximate surface area is 277 Å². The van der Waals surface area contributed by atoms with Gasteiger partial charge in [-0.3, -0.25) is 14.5 Å². The van der Waals surface area contributed by atoms with Crippen LogP contribution in [0.5, 0.6) is 5.75 Å². The number of fused-ring (bicyclic) bond motifs is 1. The molecule has 4 aromatic rings. The van der Waals surface area contributed by atoms with E-state index in [1.165, 1.54) is 0 Å². The molecule has 47 heavy (non-hydrogen) atoms. The van der Waals surface area contributed by atoms with E-state index in [-0.39, 0.29) is 30.6 Å². The molecular weight excluding hydrogens is 615 g/mol. The molecule has 0 saturated carbocycles. The second-order valence-electron chi connectivity index (χ2n) is 14.3. The number of anilines is 1. The van der Waals surface area contributed by atoms with Crippen LogP contribution in [0.4, 0.5) is 10.5 Å². The molecule has 5 rings (SSSR count). The zero-order chi connectivity index (χ0) is 33.9. The first-order valence-electron chi connectivity index (χ1n) is 16.1. The van der Waals surface area contributed by atoms with E-state index in [9.17, 15) is 9.59 Å². The third-order valence-corrected chi connectivity index (χ3v) is 9.68. The molecule has 0 atom stereocenters. The summed E-state index contributed by atoms with van der Waals surface area (Å²) in [4.78, 5) is 37.1. The Morgan fingerprint density at radius 1 is 1.09 bits per heavy atom. The maximum atomic E-state index is 13.8. The van der Waals surface area contributed by atoms with Crippen molar-refractivity contribution in [2.45, 2.75) is 84.6 Å². The predicted molar refractivity (Wildman–Crippen MR) is 185 cm³/mol. The van der Waals surface area contributed by atoms with Crippen molar-refractivity contribution in [1.29, 1.82) is 0 Å². The van der Waals surface area contributed by atoms with E-state index in [2.05, 4.69) is 29.9 Å². The van der Waals surface area contributed by atoms with Crippen LogP contribution in [0.1, 0.15) is 56.0 Å². The van der Waals surface area contributed by atoms with Crippen molar-refractivity contribution >= 4 is 36.7 Å². The third-order valence-electron chi connectivity index (χ3n) is 7.98. The highest BCUT2D eigenvalue weighted by molar-refractivity contribution is 6.76. The molecule has 1 aromatic carbocycles. The van der Waals surface area contributed by atoms with Crippen LogP contribution in [0.15, 0.2) is 42.9 Å². The minimum atomic E-state index is -1.27. The topological polar surface area (TPSA) is 126 Å². The lowest BCUT2D eigenvalue weighted by Gasteiger charge is -2.33. The summed E-state index contributed by atoms with van der Waals surface area (Å²) in [6, 6.07) is 8.67. The quantitative estimate of drug-likeness (QED) is 0.146. The Morgan fingerprint density at radius 3 is 2.49 bits per heavy atom. The maximum absolute atomic E-state index is 13.8. The van der Waals surface area contributed by atoms with Crippen molar-refractivity contribution in [3.8, 4) is 17.0 Å². The van der Waals surface area contributed by atoms with Gasteiger partial charge >= 0.3 is 6.09 Å². The average molecular weight is 662 g/mol. The lowest BCUT2D eigenvalue weighted by Crippen LogP contribution is -2.42. The summed E-state index contributed by atoms with van der Waals surface area (Å²) in [6.45, 7) is 16.5. The SMILES string of the molecule is COc1cc2nn(C3CCN(C(=O)OC(C)(C)C)CC3)cc2cc1NC(=O)c1nc(-c2ccnc(C)c2)cn1COCC[Si](C)(C)C. The van der Waals surface area contributed by atoms with Gasteiger partial charge in [-0.1, -0.05) is 19.6 Å². The Hall–Kier alpha value is -4.23. The van der Waals surface area contributed by atoms with Crippen LogP contribution < -0.4 is 10.1 Å². The number of likely N-dealkylation sites (tertiary alicyclic amines) is 1. The summed E-state index contributed by atoms with van der Waals surface area (Å²) in [7, 11) is 0.295. The standard InChI is InChI=1S/C34H47N7O5Si/c1-23-17-24(9-12-35-23)29-21-40(22-45-15-16-47(6,7)8)31(36-29)32(42)37-28-18-25-20-41(38-27(25)19-30(28)44-5)26-10-13-39(14-11-26)33(43)46-34(2,3)4/h9,12,17-21,26H,10-11,13-16,22H2,1-8H3,(H,37,42). The number of nitrogens with zero attached hydrogens (tertiary/aromatic N) is 6. The Balaban J connectivity index is 1.34. The second-order valence-corrected chi connectivity index (χ2v) is 19.9. The Kier molecular flexibility index (Phi) is 10.1. The number of carbonyl (C=O) groups is 2. The van der Waals surface area contributed by atoms with Crippen molar-refractivity contribution in [2.75, 3.05) is 32.1 Å². The number of piperidine rings is 1. The monoisotopic (exact) mass is 661 g/mol. The molecule has 0 bridgehead atoms. The van der Waals surface area contributed by atoms with Crippen LogP contribution >= 0.6 is 0 Å². The number of ether oxygens (including phenoxy) is 3. The molecule has 1 fully saturated rings. The van der Waals surface area contributed by atoms with Crippen molar-refractivity contribution in [1.82, 2.24) is 29.2 Å². The molecule has 0 spiro atoms. The van der Waals surface area contributed by atoms with Gasteiger partial charge in [-0.15, -0.1) is 0 Å². The number of carbonyl (C=O) groups excluding carboxylic acids is 2. The number of hydrogen-bond donors (Lipinski definition) is 1. The normalized spacial score (nSPS) is 14.4. The van der Waals surface area contributed by atoms with Crippen LogP contribution in [0.25, 0.3) is 22.2 Å². The number of amides is 2. The summed E-state index contributed by atoms with van der Waals surface area (Å²) in [5, 5.41) is 8.71. The van der Waals surface area contributed by atoms with Crippen molar-refractivity contribution in [3.63, 3.8) is 0 Å². The summed E-state index contributed by atoms with van der Waals surface area (Å²) in [6.07, 6.45) is 6.80. The Morgan fingerprint density at radius 2 is 1.83 bits per heavy atom. The highest BCUT2D eigenvalue weighted by atomic mass is 28.3. The van der Waals surface area contributed by atoms with E-state index in [0.717, 1.165) is 41.0 Å². The molecule has 3 aromatic heterocycles. The molecule has 0 radical (unpaired) electrons. The van der Waals surface area contributed by atoms with Crippen LogP contribution in [-0.2, 0) is 16.2 Å². The molecule has 4 heterocycles. The molecule has 1 aliphatic heterocycles. The number of benzene rings is 1. The number of imidazole rings is 1. The van der Waals surface area contributed by atoms with E-state index in [0.29, 0.717) is 36.8 Å². The van der Waals surface area contributed by atoms with Crippen LogP contribution in [0.2, 0.25) is 25.7 Å². The zero-order valence-corrected chi connectivity index (χ0v) is 29.8. The van der Waals surface area contributed by atoms with E-state index in [1.807, 2.05) is 69.0 Å². The van der Waals surface area contributed by atoms with Gasteiger partial charge in [0.2, 0.25) is 5.82 Å². The Bertz CT molecular complexity index is 1730. The number of nitrogens with one attached hydrogen (secondary N) is 1. The van der Waals surface area contributed by atoms with Gasteiger partial charge < -0.3 is 29.0 Å². The molecule has 1 aliphatic rings. The van der Waals surface area contributed by atoms with Gasteiger partial charge in [0.25, 0.3) is 5.91 Å². The number of aromatic nitrogens is 5. The van der Waals surface area contributed by atoms with Gasteiger partial charge in [-0.05, 0) is 64.8 Å². The summed E-state index contributed by atoms with van der Waals surface area (Å²) < 4.78 is 20.9. The minimum absolute atomic E-state index is 0.133. The second kappa shape index (κ2) is 13.9. The molecule has 2 amide bonds. The predicted octanol–water partition coefficient (Wildman–Crippen LogP) is 6.75. The molecule has 12 nitrogen and oxygen atoms in total. The first-order valence-corrected chi connectivity index (χ1v) is 19.8. The van der Waals surface area contributed by atoms with Gasteiger partial charge in [0.05, 0.1) is 30.0 Å². The fraction of sp³-hybridized carbons (Fsp3) is 0.500. The molecule has 1 saturated heterocycles. The number of methoxy groups -OCH3 is 1. The largest absolute Gasteiger partial charge is 0.494 e. The molecule has 13 heteroatoms. The van der Waals surface area contributed by atoms with E-state index < -0.39 is 13.7 Å². The maximum Gasteiger partial charge on any atom is 0.410 e. The number of aryl methyl sites for hydroxylation is 1. The first kappa shape index (κ1) is 34.1. The average Bonchev–Trinajstić information content (AvgIpc) is 3.62. The number of hydrogen-bond acceptors (Lipinski definition) is 8. The van der Waals surface area contributed by atoms with Crippen LogP contribution in [0, 0.1) is 6.92 Å². The van der Waals surface area contributed by atoms with Gasteiger partial charge in [-0.25, -0.2) is 9.78 Å². The van der Waals surface area contributed by atoms with E-state index >= 15 is 0 Å². The molecule has 0 unspecified atom stereocenters.